The van der Waals surface area contributed by atoms with Crippen LogP contribution in [0.25, 0.3) is 0 Å². The summed E-state index contributed by atoms with van der Waals surface area (Å²) < 4.78 is 5.72. The average Bonchev–Trinajstić information content (AvgIpc) is 2.51. The van der Waals surface area contributed by atoms with Gasteiger partial charge in [0, 0.05) is 5.02 Å². The second-order valence-corrected chi connectivity index (χ2v) is 5.97. The van der Waals surface area contributed by atoms with E-state index < -0.39 is 0 Å². The molecule has 1 unspecified atom stereocenters. The van der Waals surface area contributed by atoms with Gasteiger partial charge in [0.15, 0.2) is 0 Å². The Balaban J connectivity index is 2.09. The smallest absolute Gasteiger partial charge is 0.119 e. The van der Waals surface area contributed by atoms with Crippen molar-refractivity contribution >= 4 is 11.6 Å². The van der Waals surface area contributed by atoms with Crippen LogP contribution in [0, 0.1) is 0 Å². The van der Waals surface area contributed by atoms with Gasteiger partial charge in [0.2, 0.25) is 0 Å². The van der Waals surface area contributed by atoms with E-state index in [4.69, 9.17) is 22.2 Å². The van der Waals surface area contributed by atoms with Crippen LogP contribution in [-0.2, 0) is 0 Å². The molecule has 0 aromatic heterocycles. The van der Waals surface area contributed by atoms with Crippen LogP contribution in [0.3, 0.4) is 0 Å². The topological polar surface area (TPSA) is 47.3 Å². The molecule has 1 aromatic rings. The minimum Gasteiger partial charge on any atom is -0.492 e. The van der Waals surface area contributed by atoms with Crippen molar-refractivity contribution in [3.05, 3.63) is 29.3 Å². The molecule has 3 N–H and O–H groups in total. The van der Waals surface area contributed by atoms with E-state index in [1.807, 2.05) is 24.3 Å². The molecule has 0 amide bonds. The van der Waals surface area contributed by atoms with Crippen LogP contribution < -0.4 is 16.0 Å². The molecular formula is C17H29ClN2O. The summed E-state index contributed by atoms with van der Waals surface area (Å²) in [4.78, 5) is 0. The van der Waals surface area contributed by atoms with Gasteiger partial charge in [0.25, 0.3) is 0 Å². The Labute approximate surface area is 134 Å². The molecule has 0 aliphatic heterocycles. The summed E-state index contributed by atoms with van der Waals surface area (Å²) in [6.45, 7) is 2.84. The molecule has 0 bridgehead atoms. The van der Waals surface area contributed by atoms with Crippen LogP contribution in [0.5, 0.6) is 5.75 Å². The van der Waals surface area contributed by atoms with Crippen LogP contribution in [0.2, 0.25) is 5.02 Å². The second-order valence-electron chi connectivity index (χ2n) is 5.54. The Hall–Kier alpha value is -0.770. The van der Waals surface area contributed by atoms with E-state index in [0.717, 1.165) is 17.2 Å². The molecule has 0 saturated heterocycles. The van der Waals surface area contributed by atoms with Crippen molar-refractivity contribution in [3.63, 3.8) is 0 Å². The molecule has 0 fully saturated rings. The fraction of sp³-hybridized carbons (Fsp3) is 0.647. The first-order valence-corrected chi connectivity index (χ1v) is 8.48. The molecule has 1 rings (SSSR count). The highest BCUT2D eigenvalue weighted by Crippen LogP contribution is 2.16. The first kappa shape index (κ1) is 18.3. The largest absolute Gasteiger partial charge is 0.492 e. The quantitative estimate of drug-likeness (QED) is 0.334. The highest BCUT2D eigenvalue weighted by atomic mass is 35.5. The number of rotatable bonds is 12. The van der Waals surface area contributed by atoms with Gasteiger partial charge < -0.3 is 4.74 Å². The number of unbranched alkanes of at least 4 members (excludes halogenated alkanes) is 6. The van der Waals surface area contributed by atoms with E-state index in [1.165, 1.54) is 44.9 Å². The van der Waals surface area contributed by atoms with Crippen LogP contribution in [0.15, 0.2) is 24.3 Å². The summed E-state index contributed by atoms with van der Waals surface area (Å²) >= 11 is 5.84. The second kappa shape index (κ2) is 11.8. The molecule has 0 heterocycles. The molecule has 4 heteroatoms. The van der Waals surface area contributed by atoms with Crippen molar-refractivity contribution in [2.24, 2.45) is 5.84 Å². The molecule has 0 aliphatic carbocycles. The van der Waals surface area contributed by atoms with E-state index in [2.05, 4.69) is 12.3 Å². The number of nitrogens with one attached hydrogen (secondary N) is 1. The number of nitrogens with two attached hydrogens (primary N) is 1. The zero-order chi connectivity index (χ0) is 15.3. The van der Waals surface area contributed by atoms with Crippen molar-refractivity contribution < 1.29 is 4.74 Å². The standard InChI is InChI=1S/C17H29ClN2O/c1-2-3-4-5-6-7-8-9-16(20-19)14-21-17-12-10-15(18)11-13-17/h10-13,16,20H,2-9,14,19H2,1H3. The Morgan fingerprint density at radius 2 is 1.67 bits per heavy atom. The third-order valence-corrected chi connectivity index (χ3v) is 3.91. The fourth-order valence-electron chi connectivity index (χ4n) is 2.29. The van der Waals surface area contributed by atoms with Crippen LogP contribution in [-0.4, -0.2) is 12.6 Å². The first-order valence-electron chi connectivity index (χ1n) is 8.10. The van der Waals surface area contributed by atoms with Crippen molar-refractivity contribution in [2.45, 2.75) is 64.3 Å². The SMILES string of the molecule is CCCCCCCCCC(COc1ccc(Cl)cc1)NN. The number of benzene rings is 1. The minimum absolute atomic E-state index is 0.205. The van der Waals surface area contributed by atoms with Gasteiger partial charge in [-0.1, -0.05) is 63.5 Å². The normalized spacial score (nSPS) is 12.3. The highest BCUT2D eigenvalue weighted by Gasteiger charge is 2.07. The molecule has 120 valence electrons. The number of hydrogen-bond donors (Lipinski definition) is 2. The summed E-state index contributed by atoms with van der Waals surface area (Å²) in [6, 6.07) is 7.62. The minimum atomic E-state index is 0.205. The van der Waals surface area contributed by atoms with Gasteiger partial charge in [0.1, 0.15) is 12.4 Å². The van der Waals surface area contributed by atoms with Gasteiger partial charge in [-0.2, -0.15) is 0 Å². The maximum atomic E-state index is 5.84. The van der Waals surface area contributed by atoms with Crippen LogP contribution >= 0.6 is 11.6 Å². The first-order chi connectivity index (χ1) is 10.3. The summed E-state index contributed by atoms with van der Waals surface area (Å²) in [6.07, 6.45) is 10.3. The van der Waals surface area contributed by atoms with E-state index in [0.29, 0.717) is 6.61 Å². The molecule has 21 heavy (non-hydrogen) atoms. The van der Waals surface area contributed by atoms with Gasteiger partial charge in [-0.05, 0) is 30.7 Å². The monoisotopic (exact) mass is 312 g/mol. The highest BCUT2D eigenvalue weighted by molar-refractivity contribution is 6.30. The van der Waals surface area contributed by atoms with Gasteiger partial charge in [-0.3, -0.25) is 11.3 Å². The summed E-state index contributed by atoms with van der Waals surface area (Å²) in [5.41, 5.74) is 2.84. The van der Waals surface area contributed by atoms with Gasteiger partial charge in [-0.15, -0.1) is 0 Å². The van der Waals surface area contributed by atoms with Crippen molar-refractivity contribution in [2.75, 3.05) is 6.61 Å². The lowest BCUT2D eigenvalue weighted by atomic mass is 10.1. The van der Waals surface area contributed by atoms with Gasteiger partial charge in [-0.25, -0.2) is 0 Å². The Morgan fingerprint density at radius 1 is 1.05 bits per heavy atom. The van der Waals surface area contributed by atoms with Crippen LogP contribution in [0.1, 0.15) is 58.3 Å². The predicted molar refractivity (Wildman–Crippen MR) is 90.7 cm³/mol. The lowest BCUT2D eigenvalue weighted by Crippen LogP contribution is -2.39. The van der Waals surface area contributed by atoms with E-state index in [1.54, 1.807) is 0 Å². The molecule has 0 radical (unpaired) electrons. The van der Waals surface area contributed by atoms with Crippen molar-refractivity contribution in [1.29, 1.82) is 0 Å². The molecule has 0 saturated carbocycles. The Kier molecular flexibility index (Phi) is 10.3. The van der Waals surface area contributed by atoms with E-state index >= 15 is 0 Å². The Morgan fingerprint density at radius 3 is 2.29 bits per heavy atom. The van der Waals surface area contributed by atoms with E-state index in [-0.39, 0.29) is 6.04 Å². The third-order valence-electron chi connectivity index (χ3n) is 3.66. The Bertz CT molecular complexity index is 356. The molecule has 1 aromatic carbocycles. The average molecular weight is 313 g/mol. The molecule has 0 aliphatic rings. The van der Waals surface area contributed by atoms with Crippen molar-refractivity contribution in [1.82, 2.24) is 5.43 Å². The lowest BCUT2D eigenvalue weighted by Gasteiger charge is -2.16. The molecular weight excluding hydrogens is 284 g/mol. The van der Waals surface area contributed by atoms with Crippen LogP contribution in [0.4, 0.5) is 0 Å². The zero-order valence-electron chi connectivity index (χ0n) is 13.1. The number of ether oxygens (including phenoxy) is 1. The fourth-order valence-corrected chi connectivity index (χ4v) is 2.42. The molecule has 0 spiro atoms. The van der Waals surface area contributed by atoms with E-state index in [9.17, 15) is 0 Å². The van der Waals surface area contributed by atoms with Crippen molar-refractivity contribution in [3.8, 4) is 5.75 Å². The number of hydrogen-bond acceptors (Lipinski definition) is 3. The maximum Gasteiger partial charge on any atom is 0.119 e. The predicted octanol–water partition coefficient (Wildman–Crippen LogP) is 4.69. The lowest BCUT2D eigenvalue weighted by molar-refractivity contribution is 0.254. The zero-order valence-corrected chi connectivity index (χ0v) is 13.9. The maximum absolute atomic E-state index is 5.84. The van der Waals surface area contributed by atoms with Gasteiger partial charge >= 0.3 is 0 Å². The van der Waals surface area contributed by atoms with Gasteiger partial charge in [0.05, 0.1) is 6.04 Å². The number of halogens is 1. The molecule has 3 nitrogen and oxygen atoms in total. The summed E-state index contributed by atoms with van der Waals surface area (Å²) in [7, 11) is 0. The number of hydrazine groups is 1. The molecule has 1 atom stereocenters. The summed E-state index contributed by atoms with van der Waals surface area (Å²) in [5, 5.41) is 0.721. The third kappa shape index (κ3) is 8.97. The summed E-state index contributed by atoms with van der Waals surface area (Å²) in [5.74, 6) is 6.42.